The third-order valence-electron chi connectivity index (χ3n) is 4.48. The zero-order valence-electron chi connectivity index (χ0n) is 14.8. The number of hydrogen-bond donors (Lipinski definition) is 1. The van der Waals surface area contributed by atoms with Gasteiger partial charge in [-0.1, -0.05) is 69.5 Å². The summed E-state index contributed by atoms with van der Waals surface area (Å²) in [5.74, 6) is 0.0690. The van der Waals surface area contributed by atoms with Crippen LogP contribution in [0.1, 0.15) is 82.3 Å². The first-order chi connectivity index (χ1) is 11.1. The van der Waals surface area contributed by atoms with E-state index in [0.717, 1.165) is 31.6 Å². The minimum atomic E-state index is -0.675. The summed E-state index contributed by atoms with van der Waals surface area (Å²) in [6, 6.07) is 9.11. The van der Waals surface area contributed by atoms with Gasteiger partial charge in [-0.25, -0.2) is 0 Å². The molecule has 0 aromatic heterocycles. The number of benzene rings is 1. The Morgan fingerprint density at radius 1 is 1.17 bits per heavy atom. The van der Waals surface area contributed by atoms with Gasteiger partial charge in [-0.2, -0.15) is 0 Å². The number of unbranched alkanes of at least 4 members (excludes halogenated alkanes) is 3. The molecule has 0 bridgehead atoms. The molecule has 0 saturated heterocycles. The number of hydrogen-bond acceptors (Lipinski definition) is 1. The molecule has 1 atom stereocenters. The van der Waals surface area contributed by atoms with Crippen molar-refractivity contribution in [3.05, 3.63) is 47.5 Å². The predicted octanol–water partition coefficient (Wildman–Crippen LogP) is 6.11. The van der Waals surface area contributed by atoms with Gasteiger partial charge in [0.1, 0.15) is 0 Å². The zero-order valence-corrected chi connectivity index (χ0v) is 14.8. The molecule has 1 fully saturated rings. The van der Waals surface area contributed by atoms with E-state index in [2.05, 4.69) is 44.7 Å². The topological polar surface area (TPSA) is 37.3 Å². The highest BCUT2D eigenvalue weighted by Crippen LogP contribution is 2.36. The first-order valence-electron chi connectivity index (χ1n) is 9.04. The Labute approximate surface area is 141 Å². The summed E-state index contributed by atoms with van der Waals surface area (Å²) in [6.07, 6.45) is 9.41. The molecule has 0 amide bonds. The van der Waals surface area contributed by atoms with Crippen molar-refractivity contribution in [2.24, 2.45) is 0 Å². The smallest absolute Gasteiger partial charge is 0.303 e. The van der Waals surface area contributed by atoms with Gasteiger partial charge in [0.25, 0.3) is 0 Å². The van der Waals surface area contributed by atoms with E-state index in [4.69, 9.17) is 5.11 Å². The van der Waals surface area contributed by atoms with Crippen LogP contribution in [-0.2, 0) is 11.2 Å². The van der Waals surface area contributed by atoms with E-state index in [0.29, 0.717) is 6.42 Å². The molecule has 23 heavy (non-hydrogen) atoms. The highest BCUT2D eigenvalue weighted by atomic mass is 16.4. The second-order valence-corrected chi connectivity index (χ2v) is 6.49. The van der Waals surface area contributed by atoms with Gasteiger partial charge in [0.05, 0.1) is 0 Å². The summed E-state index contributed by atoms with van der Waals surface area (Å²) in [4.78, 5) is 9.96. The number of carbonyl (C=O) groups is 1. The number of allylic oxidation sites excluding steroid dienone is 1. The summed E-state index contributed by atoms with van der Waals surface area (Å²) in [5.41, 5.74) is 4.36. The SMILES string of the molecule is C=C1CCC(c2ccc(CC)cc2)C1.CCCCCCC(=O)O. The molecule has 1 aromatic carbocycles. The molecule has 2 rings (SSSR count). The summed E-state index contributed by atoms with van der Waals surface area (Å²) >= 11 is 0. The van der Waals surface area contributed by atoms with Crippen molar-refractivity contribution in [3.63, 3.8) is 0 Å². The molecular weight excluding hydrogens is 284 g/mol. The van der Waals surface area contributed by atoms with Crippen LogP contribution in [0.15, 0.2) is 36.4 Å². The second kappa shape index (κ2) is 11.0. The minimum Gasteiger partial charge on any atom is -0.481 e. The van der Waals surface area contributed by atoms with Crippen molar-refractivity contribution in [1.82, 2.24) is 0 Å². The number of aryl methyl sites for hydroxylation is 1. The van der Waals surface area contributed by atoms with Crippen molar-refractivity contribution in [2.75, 3.05) is 0 Å². The maximum atomic E-state index is 9.96. The van der Waals surface area contributed by atoms with Crippen LogP contribution in [0.3, 0.4) is 0 Å². The molecule has 1 aromatic rings. The van der Waals surface area contributed by atoms with Gasteiger partial charge in [0.15, 0.2) is 0 Å². The van der Waals surface area contributed by atoms with Gasteiger partial charge in [-0.15, -0.1) is 0 Å². The quantitative estimate of drug-likeness (QED) is 0.486. The molecule has 1 aliphatic carbocycles. The van der Waals surface area contributed by atoms with Crippen LogP contribution >= 0.6 is 0 Å². The first-order valence-corrected chi connectivity index (χ1v) is 9.04. The van der Waals surface area contributed by atoms with E-state index >= 15 is 0 Å². The van der Waals surface area contributed by atoms with Crippen LogP contribution in [0.4, 0.5) is 0 Å². The number of carboxylic acid groups (broad SMARTS) is 1. The van der Waals surface area contributed by atoms with Gasteiger partial charge in [-0.05, 0) is 49.1 Å². The van der Waals surface area contributed by atoms with Crippen molar-refractivity contribution >= 4 is 5.97 Å². The minimum absolute atomic E-state index is 0.333. The lowest BCUT2D eigenvalue weighted by Gasteiger charge is -2.09. The van der Waals surface area contributed by atoms with Crippen LogP contribution in [0.2, 0.25) is 0 Å². The third-order valence-corrected chi connectivity index (χ3v) is 4.48. The van der Waals surface area contributed by atoms with E-state index in [1.165, 1.54) is 42.4 Å². The van der Waals surface area contributed by atoms with Crippen molar-refractivity contribution in [3.8, 4) is 0 Å². The summed E-state index contributed by atoms with van der Waals surface area (Å²) < 4.78 is 0. The largest absolute Gasteiger partial charge is 0.481 e. The Morgan fingerprint density at radius 3 is 2.35 bits per heavy atom. The highest BCUT2D eigenvalue weighted by Gasteiger charge is 2.19. The summed E-state index contributed by atoms with van der Waals surface area (Å²) in [5, 5.41) is 8.21. The Bertz CT molecular complexity index is 473. The van der Waals surface area contributed by atoms with Gasteiger partial charge >= 0.3 is 5.97 Å². The zero-order chi connectivity index (χ0) is 17.1. The molecule has 0 aliphatic heterocycles. The van der Waals surface area contributed by atoms with Crippen molar-refractivity contribution in [2.45, 2.75) is 77.6 Å². The van der Waals surface area contributed by atoms with Gasteiger partial charge in [0, 0.05) is 6.42 Å². The van der Waals surface area contributed by atoms with E-state index in [-0.39, 0.29) is 0 Å². The van der Waals surface area contributed by atoms with E-state index < -0.39 is 5.97 Å². The lowest BCUT2D eigenvalue weighted by molar-refractivity contribution is -0.137. The molecule has 1 N–H and O–H groups in total. The average molecular weight is 316 g/mol. The molecule has 1 unspecified atom stereocenters. The average Bonchev–Trinajstić information content (AvgIpc) is 2.99. The van der Waals surface area contributed by atoms with Crippen LogP contribution in [0.25, 0.3) is 0 Å². The van der Waals surface area contributed by atoms with E-state index in [9.17, 15) is 4.79 Å². The normalized spacial score (nSPS) is 16.8. The van der Waals surface area contributed by atoms with Crippen LogP contribution in [-0.4, -0.2) is 11.1 Å². The maximum absolute atomic E-state index is 9.96. The fraction of sp³-hybridized carbons (Fsp3) is 0.571. The fourth-order valence-corrected chi connectivity index (χ4v) is 2.94. The van der Waals surface area contributed by atoms with Crippen molar-refractivity contribution < 1.29 is 9.90 Å². The Hall–Kier alpha value is -1.57. The Balaban J connectivity index is 0.000000257. The van der Waals surface area contributed by atoms with Crippen LogP contribution in [0.5, 0.6) is 0 Å². The number of rotatable bonds is 7. The Morgan fingerprint density at radius 2 is 1.87 bits per heavy atom. The summed E-state index contributed by atoms with van der Waals surface area (Å²) in [6.45, 7) is 8.38. The van der Waals surface area contributed by atoms with E-state index in [1.807, 2.05) is 0 Å². The number of aliphatic carboxylic acids is 1. The number of carboxylic acids is 1. The molecule has 2 nitrogen and oxygen atoms in total. The molecule has 1 aliphatic rings. The first kappa shape index (κ1) is 19.5. The third kappa shape index (κ3) is 8.01. The van der Waals surface area contributed by atoms with Crippen molar-refractivity contribution in [1.29, 1.82) is 0 Å². The lowest BCUT2D eigenvalue weighted by atomic mass is 9.96. The maximum Gasteiger partial charge on any atom is 0.303 e. The monoisotopic (exact) mass is 316 g/mol. The molecule has 128 valence electrons. The second-order valence-electron chi connectivity index (χ2n) is 6.49. The summed E-state index contributed by atoms with van der Waals surface area (Å²) in [7, 11) is 0. The standard InChI is InChI=1S/C14H18.C7H14O2/c1-3-12-5-8-13(9-6-12)14-7-4-11(2)10-14;1-2-3-4-5-6-7(8)9/h5-6,8-9,14H,2-4,7,10H2,1H3;2-6H2,1H3,(H,8,9). The molecule has 2 heteroatoms. The molecular formula is C21H32O2. The molecule has 1 saturated carbocycles. The highest BCUT2D eigenvalue weighted by molar-refractivity contribution is 5.66. The van der Waals surface area contributed by atoms with Crippen LogP contribution in [0, 0.1) is 0 Å². The van der Waals surface area contributed by atoms with Gasteiger partial charge in [0.2, 0.25) is 0 Å². The molecule has 0 heterocycles. The fourth-order valence-electron chi connectivity index (χ4n) is 2.94. The predicted molar refractivity (Wildman–Crippen MR) is 97.9 cm³/mol. The van der Waals surface area contributed by atoms with Gasteiger partial charge in [-0.3, -0.25) is 4.79 Å². The Kier molecular flexibility index (Phi) is 9.35. The lowest BCUT2D eigenvalue weighted by Crippen LogP contribution is -1.92. The van der Waals surface area contributed by atoms with E-state index in [1.54, 1.807) is 0 Å². The van der Waals surface area contributed by atoms with Crippen LogP contribution < -0.4 is 0 Å². The molecule has 0 spiro atoms. The van der Waals surface area contributed by atoms with Gasteiger partial charge < -0.3 is 5.11 Å². The molecule has 0 radical (unpaired) electrons.